The summed E-state index contributed by atoms with van der Waals surface area (Å²) in [6.45, 7) is 4.74. The number of esters is 1. The molecule has 0 aromatic heterocycles. The summed E-state index contributed by atoms with van der Waals surface area (Å²) < 4.78 is 5.12. The Bertz CT molecular complexity index is 595. The van der Waals surface area contributed by atoms with E-state index in [-0.39, 0.29) is 33.5 Å². The van der Waals surface area contributed by atoms with Gasteiger partial charge in [-0.05, 0) is 73.5 Å². The highest BCUT2D eigenvalue weighted by atomic mass is 79.9. The zero-order valence-corrected chi connectivity index (χ0v) is 17.1. The van der Waals surface area contributed by atoms with Gasteiger partial charge in [-0.1, -0.05) is 29.8 Å². The SMILES string of the molecule is COC(=O)[C@H]1CC[C@H]2[C@@H]3CC[C@H]4NC(=O)[C@H](Br)C[C@]4(C)[C@H]3CC[C@]12C. The fourth-order valence-electron chi connectivity index (χ4n) is 7.26. The molecule has 0 spiro atoms. The number of methoxy groups -OCH3 is 1. The Hall–Kier alpha value is -0.580. The third-order valence-corrected chi connectivity index (χ3v) is 9.31. The number of hydrogen-bond acceptors (Lipinski definition) is 3. The quantitative estimate of drug-likeness (QED) is 0.528. The molecule has 0 radical (unpaired) electrons. The van der Waals surface area contributed by atoms with Gasteiger partial charge in [0.15, 0.2) is 0 Å². The second-order valence-corrected chi connectivity index (χ2v) is 10.5. The second kappa shape index (κ2) is 5.97. The van der Waals surface area contributed by atoms with Gasteiger partial charge in [0.05, 0.1) is 17.9 Å². The lowest BCUT2D eigenvalue weighted by Gasteiger charge is -2.60. The van der Waals surface area contributed by atoms with Crippen molar-refractivity contribution < 1.29 is 14.3 Å². The van der Waals surface area contributed by atoms with Crippen LogP contribution in [0.3, 0.4) is 0 Å². The predicted molar refractivity (Wildman–Crippen MR) is 99.2 cm³/mol. The van der Waals surface area contributed by atoms with Crippen LogP contribution in [0.1, 0.15) is 58.8 Å². The molecule has 1 heterocycles. The van der Waals surface area contributed by atoms with Crippen LogP contribution in [0.2, 0.25) is 0 Å². The minimum Gasteiger partial charge on any atom is -0.469 e. The van der Waals surface area contributed by atoms with Crippen molar-refractivity contribution >= 4 is 27.8 Å². The number of amides is 1. The normalized spacial score (nSPS) is 51.8. The average molecular weight is 412 g/mol. The number of rotatable bonds is 1. The molecular weight excluding hydrogens is 382 g/mol. The number of alkyl halides is 1. The van der Waals surface area contributed by atoms with Gasteiger partial charge in [0, 0.05) is 6.04 Å². The summed E-state index contributed by atoms with van der Waals surface area (Å²) in [5.41, 5.74) is 0.277. The van der Waals surface area contributed by atoms with Gasteiger partial charge in [-0.15, -0.1) is 0 Å². The van der Waals surface area contributed by atoms with E-state index in [4.69, 9.17) is 4.74 Å². The van der Waals surface area contributed by atoms with E-state index in [0.29, 0.717) is 23.8 Å². The first-order valence-corrected chi connectivity index (χ1v) is 10.7. The van der Waals surface area contributed by atoms with E-state index in [1.807, 2.05) is 0 Å². The van der Waals surface area contributed by atoms with Crippen LogP contribution in [-0.2, 0) is 14.3 Å². The number of piperidine rings is 1. The van der Waals surface area contributed by atoms with Crippen molar-refractivity contribution in [3.8, 4) is 0 Å². The monoisotopic (exact) mass is 411 g/mol. The Labute approximate surface area is 159 Å². The highest BCUT2D eigenvalue weighted by Gasteiger charge is 2.62. The van der Waals surface area contributed by atoms with E-state index in [9.17, 15) is 9.59 Å². The van der Waals surface area contributed by atoms with Crippen molar-refractivity contribution in [1.29, 1.82) is 0 Å². The molecule has 1 amide bonds. The molecule has 1 saturated heterocycles. The summed E-state index contributed by atoms with van der Waals surface area (Å²) in [5.74, 6) is 2.19. The number of carbonyl (C=O) groups excluding carboxylic acids is 2. The molecule has 140 valence electrons. The number of hydrogen-bond donors (Lipinski definition) is 1. The molecule has 5 heteroatoms. The molecule has 4 nitrogen and oxygen atoms in total. The molecular formula is C20H30BrNO3. The van der Waals surface area contributed by atoms with Crippen LogP contribution < -0.4 is 5.32 Å². The lowest BCUT2D eigenvalue weighted by molar-refractivity contribution is -0.155. The summed E-state index contributed by atoms with van der Waals surface area (Å²) in [5, 5.41) is 3.29. The topological polar surface area (TPSA) is 55.4 Å². The van der Waals surface area contributed by atoms with Gasteiger partial charge in [0.25, 0.3) is 0 Å². The lowest BCUT2D eigenvalue weighted by Crippen LogP contribution is -2.63. The Balaban J connectivity index is 1.62. The van der Waals surface area contributed by atoms with E-state index < -0.39 is 0 Å². The molecule has 8 atom stereocenters. The fourth-order valence-corrected chi connectivity index (χ4v) is 8.09. The summed E-state index contributed by atoms with van der Waals surface area (Å²) in [7, 11) is 1.53. The summed E-state index contributed by atoms with van der Waals surface area (Å²) in [6, 6.07) is 0.317. The molecule has 1 aliphatic heterocycles. The molecule has 0 bridgehead atoms. The van der Waals surface area contributed by atoms with Gasteiger partial charge >= 0.3 is 5.97 Å². The first-order chi connectivity index (χ1) is 11.8. The predicted octanol–water partition coefficient (Wildman–Crippen LogP) is 3.67. The zero-order chi connectivity index (χ0) is 18.0. The number of ether oxygens (including phenoxy) is 1. The van der Waals surface area contributed by atoms with Gasteiger partial charge in [0.1, 0.15) is 0 Å². The molecule has 4 rings (SSSR count). The Morgan fingerprint density at radius 1 is 1.12 bits per heavy atom. The summed E-state index contributed by atoms with van der Waals surface area (Å²) in [6.07, 6.45) is 7.63. The zero-order valence-electron chi connectivity index (χ0n) is 15.5. The van der Waals surface area contributed by atoms with Crippen LogP contribution in [-0.4, -0.2) is 29.9 Å². The Kier molecular flexibility index (Phi) is 4.25. The Morgan fingerprint density at radius 2 is 1.84 bits per heavy atom. The second-order valence-electron chi connectivity index (χ2n) is 9.39. The van der Waals surface area contributed by atoms with Crippen molar-refractivity contribution in [1.82, 2.24) is 5.32 Å². The van der Waals surface area contributed by atoms with Gasteiger partial charge in [-0.25, -0.2) is 0 Å². The maximum absolute atomic E-state index is 12.3. The summed E-state index contributed by atoms with van der Waals surface area (Å²) in [4.78, 5) is 24.4. The molecule has 0 aromatic carbocycles. The number of fused-ring (bicyclic) bond motifs is 5. The van der Waals surface area contributed by atoms with Gasteiger partial charge in [-0.2, -0.15) is 0 Å². The van der Waals surface area contributed by atoms with E-state index in [0.717, 1.165) is 32.1 Å². The minimum atomic E-state index is -0.0628. The molecule has 0 aromatic rings. The largest absolute Gasteiger partial charge is 0.469 e. The third kappa shape index (κ3) is 2.44. The van der Waals surface area contributed by atoms with Crippen molar-refractivity contribution in [3.05, 3.63) is 0 Å². The molecule has 4 fully saturated rings. The smallest absolute Gasteiger partial charge is 0.309 e. The van der Waals surface area contributed by atoms with E-state index in [2.05, 4.69) is 35.1 Å². The maximum atomic E-state index is 12.3. The van der Waals surface area contributed by atoms with Crippen LogP contribution in [0.4, 0.5) is 0 Å². The van der Waals surface area contributed by atoms with E-state index in [1.165, 1.54) is 20.0 Å². The number of carbonyl (C=O) groups is 2. The third-order valence-electron chi connectivity index (χ3n) is 8.57. The fraction of sp³-hybridized carbons (Fsp3) is 0.900. The van der Waals surface area contributed by atoms with Gasteiger partial charge in [0.2, 0.25) is 5.91 Å². The van der Waals surface area contributed by atoms with Crippen molar-refractivity contribution in [2.75, 3.05) is 7.11 Å². The molecule has 3 aliphatic carbocycles. The lowest BCUT2D eigenvalue weighted by atomic mass is 9.47. The molecule has 1 N–H and O–H groups in total. The van der Waals surface area contributed by atoms with Crippen molar-refractivity contribution in [2.45, 2.75) is 69.7 Å². The first-order valence-electron chi connectivity index (χ1n) is 9.83. The minimum absolute atomic E-state index is 0.00574. The van der Waals surface area contributed by atoms with Crippen LogP contribution in [0.15, 0.2) is 0 Å². The van der Waals surface area contributed by atoms with Crippen LogP contribution in [0, 0.1) is 34.5 Å². The molecule has 0 unspecified atom stereocenters. The molecule has 3 saturated carbocycles. The van der Waals surface area contributed by atoms with Crippen molar-refractivity contribution in [3.63, 3.8) is 0 Å². The standard InChI is InChI=1S/C20H30BrNO3/c1-19-9-8-13-11(12(19)5-6-14(19)18(24)25-3)4-7-16-20(13,2)10-15(21)17(23)22-16/h11-16H,4-10H2,1-3H3,(H,22,23)/t11-,12-,13-,14+,15+,16+,19-,20+/m0/s1. The maximum Gasteiger partial charge on any atom is 0.309 e. The van der Waals surface area contributed by atoms with Crippen molar-refractivity contribution in [2.24, 2.45) is 34.5 Å². The van der Waals surface area contributed by atoms with Gasteiger partial charge < -0.3 is 10.1 Å². The summed E-state index contributed by atoms with van der Waals surface area (Å²) >= 11 is 3.60. The van der Waals surface area contributed by atoms with E-state index >= 15 is 0 Å². The van der Waals surface area contributed by atoms with Crippen LogP contribution in [0.5, 0.6) is 0 Å². The van der Waals surface area contributed by atoms with Gasteiger partial charge in [-0.3, -0.25) is 9.59 Å². The Morgan fingerprint density at radius 3 is 2.56 bits per heavy atom. The molecule has 4 aliphatic rings. The first kappa shape index (κ1) is 17.8. The highest BCUT2D eigenvalue weighted by molar-refractivity contribution is 9.10. The number of nitrogens with one attached hydrogen (secondary N) is 1. The average Bonchev–Trinajstić information content (AvgIpc) is 2.93. The van der Waals surface area contributed by atoms with Crippen LogP contribution in [0.25, 0.3) is 0 Å². The molecule has 25 heavy (non-hydrogen) atoms. The highest BCUT2D eigenvalue weighted by Crippen LogP contribution is 2.65. The van der Waals surface area contributed by atoms with Crippen LogP contribution >= 0.6 is 15.9 Å². The van der Waals surface area contributed by atoms with E-state index in [1.54, 1.807) is 0 Å². The number of halogens is 1.